The lowest BCUT2D eigenvalue weighted by Gasteiger charge is -2.09. The number of pyridine rings is 1. The van der Waals surface area contributed by atoms with E-state index in [4.69, 9.17) is 5.73 Å². The summed E-state index contributed by atoms with van der Waals surface area (Å²) >= 11 is 0. The van der Waals surface area contributed by atoms with Crippen LogP contribution in [0, 0.1) is 0 Å². The van der Waals surface area contributed by atoms with Gasteiger partial charge >= 0.3 is 0 Å². The molecule has 0 saturated carbocycles. The second-order valence-electron chi connectivity index (χ2n) is 3.48. The fraction of sp³-hybridized carbons (Fsp3) is 0.300. The summed E-state index contributed by atoms with van der Waals surface area (Å²) in [6, 6.07) is 5.88. The molecule has 0 aliphatic carbocycles. The average molecular weight is 203 g/mol. The van der Waals surface area contributed by atoms with E-state index in [1.165, 1.54) is 0 Å². The molecule has 0 spiro atoms. The van der Waals surface area contributed by atoms with E-state index in [0.717, 1.165) is 5.69 Å². The van der Waals surface area contributed by atoms with Crippen LogP contribution in [0.4, 0.5) is 5.82 Å². The van der Waals surface area contributed by atoms with E-state index in [1.807, 2.05) is 18.2 Å². The van der Waals surface area contributed by atoms with Crippen LogP contribution in [0.1, 0.15) is 18.5 Å². The van der Waals surface area contributed by atoms with Gasteiger partial charge in [0.15, 0.2) is 5.82 Å². The molecule has 2 aromatic rings. The maximum atomic E-state index is 5.48. The summed E-state index contributed by atoms with van der Waals surface area (Å²) in [4.78, 5) is 5.87. The van der Waals surface area contributed by atoms with Crippen LogP contribution in [0.15, 0.2) is 30.6 Å². The Morgan fingerprint density at radius 2 is 2.33 bits per heavy atom. The number of aromatic nitrogens is 4. The van der Waals surface area contributed by atoms with Crippen molar-refractivity contribution in [2.24, 2.45) is 0 Å². The van der Waals surface area contributed by atoms with Gasteiger partial charge in [0.25, 0.3) is 0 Å². The van der Waals surface area contributed by atoms with Gasteiger partial charge in [0, 0.05) is 17.8 Å². The molecule has 2 N–H and O–H groups in total. The molecular weight excluding hydrogens is 190 g/mol. The smallest absolute Gasteiger partial charge is 0.165 e. The van der Waals surface area contributed by atoms with Crippen LogP contribution in [0.5, 0.6) is 0 Å². The molecule has 0 aromatic carbocycles. The minimum absolute atomic E-state index is 0.276. The predicted octanol–water partition coefficient (Wildman–Crippen LogP) is 1.06. The SMILES string of the molecule is CC(Cn1ncc(N)n1)c1ccccn1. The highest BCUT2D eigenvalue weighted by atomic mass is 15.5. The van der Waals surface area contributed by atoms with Crippen LogP contribution in [0.2, 0.25) is 0 Å². The molecule has 0 radical (unpaired) electrons. The number of hydrogen-bond acceptors (Lipinski definition) is 4. The van der Waals surface area contributed by atoms with Crippen LogP contribution in [-0.2, 0) is 6.54 Å². The molecule has 0 saturated heterocycles. The second-order valence-corrected chi connectivity index (χ2v) is 3.48. The molecule has 2 rings (SSSR count). The summed E-state index contributed by atoms with van der Waals surface area (Å²) in [5.41, 5.74) is 6.52. The third-order valence-corrected chi connectivity index (χ3v) is 2.18. The van der Waals surface area contributed by atoms with E-state index >= 15 is 0 Å². The molecule has 0 amide bonds. The highest BCUT2D eigenvalue weighted by Gasteiger charge is 2.08. The highest BCUT2D eigenvalue weighted by molar-refractivity contribution is 5.19. The average Bonchev–Trinajstić information content (AvgIpc) is 2.65. The van der Waals surface area contributed by atoms with E-state index in [9.17, 15) is 0 Å². The number of rotatable bonds is 3. The van der Waals surface area contributed by atoms with E-state index in [1.54, 1.807) is 17.2 Å². The van der Waals surface area contributed by atoms with Crippen LogP contribution in [0.3, 0.4) is 0 Å². The number of anilines is 1. The first-order valence-electron chi connectivity index (χ1n) is 4.82. The van der Waals surface area contributed by atoms with Crippen molar-refractivity contribution < 1.29 is 0 Å². The fourth-order valence-electron chi connectivity index (χ4n) is 1.40. The van der Waals surface area contributed by atoms with Crippen molar-refractivity contribution in [2.45, 2.75) is 19.4 Å². The Kier molecular flexibility index (Phi) is 2.62. The van der Waals surface area contributed by atoms with Crippen molar-refractivity contribution in [1.29, 1.82) is 0 Å². The fourth-order valence-corrected chi connectivity index (χ4v) is 1.40. The van der Waals surface area contributed by atoms with Gasteiger partial charge in [0.1, 0.15) is 0 Å². The quantitative estimate of drug-likeness (QED) is 0.809. The van der Waals surface area contributed by atoms with Gasteiger partial charge in [-0.3, -0.25) is 4.98 Å². The largest absolute Gasteiger partial charge is 0.381 e. The van der Waals surface area contributed by atoms with Gasteiger partial charge in [-0.15, -0.1) is 5.10 Å². The van der Waals surface area contributed by atoms with Crippen molar-refractivity contribution in [1.82, 2.24) is 20.0 Å². The number of nitrogen functional groups attached to an aromatic ring is 1. The molecule has 0 aliphatic rings. The lowest BCUT2D eigenvalue weighted by atomic mass is 10.1. The molecule has 1 atom stereocenters. The zero-order valence-corrected chi connectivity index (χ0v) is 8.54. The molecule has 2 heterocycles. The van der Waals surface area contributed by atoms with Crippen molar-refractivity contribution in [3.05, 3.63) is 36.3 Å². The van der Waals surface area contributed by atoms with Crippen molar-refractivity contribution in [2.75, 3.05) is 5.73 Å². The van der Waals surface area contributed by atoms with E-state index < -0.39 is 0 Å². The molecule has 78 valence electrons. The number of nitrogens with two attached hydrogens (primary N) is 1. The van der Waals surface area contributed by atoms with Crippen molar-refractivity contribution >= 4 is 5.82 Å². The predicted molar refractivity (Wildman–Crippen MR) is 57.1 cm³/mol. The maximum absolute atomic E-state index is 5.48. The Hall–Kier alpha value is -1.91. The Bertz CT molecular complexity index is 422. The van der Waals surface area contributed by atoms with E-state index in [-0.39, 0.29) is 5.92 Å². The summed E-state index contributed by atoms with van der Waals surface area (Å²) in [7, 11) is 0. The zero-order chi connectivity index (χ0) is 10.7. The summed E-state index contributed by atoms with van der Waals surface area (Å²) in [5.74, 6) is 0.723. The molecular formula is C10H13N5. The lowest BCUT2D eigenvalue weighted by molar-refractivity contribution is 0.480. The molecule has 0 aliphatic heterocycles. The molecule has 1 unspecified atom stereocenters. The first-order valence-corrected chi connectivity index (χ1v) is 4.82. The zero-order valence-electron chi connectivity index (χ0n) is 8.54. The first-order chi connectivity index (χ1) is 7.25. The van der Waals surface area contributed by atoms with E-state index in [2.05, 4.69) is 22.1 Å². The van der Waals surface area contributed by atoms with Crippen molar-refractivity contribution in [3.8, 4) is 0 Å². The summed E-state index contributed by atoms with van der Waals surface area (Å²) in [6.07, 6.45) is 3.34. The first kappa shape index (κ1) is 9.64. The van der Waals surface area contributed by atoms with Crippen LogP contribution < -0.4 is 5.73 Å². The highest BCUT2D eigenvalue weighted by Crippen LogP contribution is 2.13. The normalized spacial score (nSPS) is 12.6. The summed E-state index contributed by atoms with van der Waals surface area (Å²) < 4.78 is 0. The third-order valence-electron chi connectivity index (χ3n) is 2.18. The van der Waals surface area contributed by atoms with Gasteiger partial charge in [0.2, 0.25) is 0 Å². The van der Waals surface area contributed by atoms with E-state index in [0.29, 0.717) is 12.4 Å². The van der Waals surface area contributed by atoms with Crippen LogP contribution in [-0.4, -0.2) is 20.0 Å². The standard InChI is InChI=1S/C10H13N5/c1-8(9-4-2-3-5-12-9)7-15-13-6-10(11)14-15/h2-6,8H,7H2,1H3,(H2,11,14). The van der Waals surface area contributed by atoms with Gasteiger partial charge < -0.3 is 5.73 Å². The number of hydrogen-bond donors (Lipinski definition) is 1. The monoisotopic (exact) mass is 203 g/mol. The van der Waals surface area contributed by atoms with Crippen molar-refractivity contribution in [3.63, 3.8) is 0 Å². The Morgan fingerprint density at radius 3 is 2.93 bits per heavy atom. The van der Waals surface area contributed by atoms with Crippen LogP contribution >= 0.6 is 0 Å². The summed E-state index contributed by atoms with van der Waals surface area (Å²) in [5, 5.41) is 8.07. The lowest BCUT2D eigenvalue weighted by Crippen LogP contribution is -2.10. The molecule has 0 bridgehead atoms. The number of nitrogens with zero attached hydrogens (tertiary/aromatic N) is 4. The second kappa shape index (κ2) is 4.08. The topological polar surface area (TPSA) is 69.6 Å². The minimum Gasteiger partial charge on any atom is -0.381 e. The molecule has 5 heteroatoms. The van der Waals surface area contributed by atoms with Gasteiger partial charge in [-0.25, -0.2) is 0 Å². The molecule has 2 aromatic heterocycles. The third kappa shape index (κ3) is 2.31. The summed E-state index contributed by atoms with van der Waals surface area (Å²) in [6.45, 7) is 2.77. The van der Waals surface area contributed by atoms with Gasteiger partial charge in [-0.2, -0.15) is 9.90 Å². The van der Waals surface area contributed by atoms with Crippen LogP contribution in [0.25, 0.3) is 0 Å². The molecule has 0 fully saturated rings. The Labute approximate surface area is 87.9 Å². The Morgan fingerprint density at radius 1 is 1.47 bits per heavy atom. The van der Waals surface area contributed by atoms with Gasteiger partial charge in [-0.1, -0.05) is 13.0 Å². The van der Waals surface area contributed by atoms with Gasteiger partial charge in [-0.05, 0) is 12.1 Å². The molecule has 15 heavy (non-hydrogen) atoms. The molecule has 5 nitrogen and oxygen atoms in total. The maximum Gasteiger partial charge on any atom is 0.165 e. The van der Waals surface area contributed by atoms with Gasteiger partial charge in [0.05, 0.1) is 12.7 Å². The minimum atomic E-state index is 0.276. The Balaban J connectivity index is 2.07.